The van der Waals surface area contributed by atoms with Crippen molar-refractivity contribution in [3.05, 3.63) is 29.6 Å². The summed E-state index contributed by atoms with van der Waals surface area (Å²) in [7, 11) is 1.53. The number of piperazine rings is 1. The van der Waals surface area contributed by atoms with Crippen LogP contribution in [0.25, 0.3) is 0 Å². The first-order valence-corrected chi connectivity index (χ1v) is 8.05. The summed E-state index contributed by atoms with van der Waals surface area (Å²) < 4.78 is 19.8. The number of unbranched alkanes of at least 4 members (excludes halogenated alkanes) is 2. The number of nitrogens with one attached hydrogen (secondary N) is 1. The summed E-state index contributed by atoms with van der Waals surface area (Å²) in [5, 5.41) is 3.37. The van der Waals surface area contributed by atoms with E-state index in [9.17, 15) is 4.39 Å². The van der Waals surface area contributed by atoms with Crippen molar-refractivity contribution >= 4 is 12.4 Å². The van der Waals surface area contributed by atoms with Gasteiger partial charge in [0, 0.05) is 37.8 Å². The number of ether oxygens (including phenoxy) is 1. The molecule has 1 saturated heterocycles. The van der Waals surface area contributed by atoms with E-state index in [1.54, 1.807) is 6.07 Å². The number of halogens is 2. The molecular weight excluding hydrogens is 303 g/mol. The summed E-state index contributed by atoms with van der Waals surface area (Å²) in [6.45, 7) is 6.12. The van der Waals surface area contributed by atoms with Crippen molar-refractivity contribution in [2.45, 2.75) is 38.6 Å². The van der Waals surface area contributed by atoms with E-state index in [1.807, 2.05) is 12.1 Å². The van der Waals surface area contributed by atoms with Gasteiger partial charge in [-0.1, -0.05) is 38.3 Å². The first kappa shape index (κ1) is 19.2. The fraction of sp³-hybridized carbons (Fsp3) is 0.647. The minimum Gasteiger partial charge on any atom is -0.494 e. The summed E-state index contributed by atoms with van der Waals surface area (Å²) in [5.74, 6) is 0.156. The van der Waals surface area contributed by atoms with E-state index >= 15 is 0 Å². The summed E-state index contributed by atoms with van der Waals surface area (Å²) in [4.78, 5) is 2.41. The molecule has 1 aliphatic heterocycles. The van der Waals surface area contributed by atoms with Gasteiger partial charge >= 0.3 is 0 Å². The molecular formula is C17H28ClFN2O. The van der Waals surface area contributed by atoms with Crippen LogP contribution in [0, 0.1) is 5.82 Å². The van der Waals surface area contributed by atoms with Crippen LogP contribution in [0.3, 0.4) is 0 Å². The Morgan fingerprint density at radius 3 is 2.64 bits per heavy atom. The molecule has 0 aromatic heterocycles. The zero-order valence-electron chi connectivity index (χ0n) is 13.6. The number of hydrogen-bond donors (Lipinski definition) is 1. The average Bonchev–Trinajstić information content (AvgIpc) is 2.53. The number of methoxy groups -OCH3 is 1. The Balaban J connectivity index is 0.00000242. The lowest BCUT2D eigenvalue weighted by Crippen LogP contribution is -2.45. The minimum absolute atomic E-state index is 0. The van der Waals surface area contributed by atoms with Crippen molar-refractivity contribution in [3.63, 3.8) is 0 Å². The Morgan fingerprint density at radius 1 is 1.27 bits per heavy atom. The number of hydrogen-bond acceptors (Lipinski definition) is 3. The van der Waals surface area contributed by atoms with E-state index in [2.05, 4.69) is 17.1 Å². The highest BCUT2D eigenvalue weighted by molar-refractivity contribution is 5.85. The van der Waals surface area contributed by atoms with Crippen molar-refractivity contribution in [2.75, 3.05) is 33.3 Å². The zero-order chi connectivity index (χ0) is 15.1. The SMILES string of the molecule is CCCCC[C@H](c1cccc(OC)c1F)N1CCNCC1.Cl. The lowest BCUT2D eigenvalue weighted by Gasteiger charge is -2.35. The maximum absolute atomic E-state index is 14.6. The highest BCUT2D eigenvalue weighted by Gasteiger charge is 2.25. The first-order chi connectivity index (χ1) is 10.3. The average molecular weight is 331 g/mol. The molecule has 0 bridgehead atoms. The van der Waals surface area contributed by atoms with Crippen molar-refractivity contribution in [2.24, 2.45) is 0 Å². The van der Waals surface area contributed by atoms with E-state index in [4.69, 9.17) is 4.74 Å². The van der Waals surface area contributed by atoms with Gasteiger partial charge in [-0.2, -0.15) is 0 Å². The molecule has 1 aromatic rings. The maximum atomic E-state index is 14.6. The van der Waals surface area contributed by atoms with Crippen molar-refractivity contribution < 1.29 is 9.13 Å². The quantitative estimate of drug-likeness (QED) is 0.770. The van der Waals surface area contributed by atoms with E-state index in [-0.39, 0.29) is 24.3 Å². The third-order valence-electron chi connectivity index (χ3n) is 4.25. The van der Waals surface area contributed by atoms with Crippen LogP contribution in [0.2, 0.25) is 0 Å². The van der Waals surface area contributed by atoms with Crippen LogP contribution >= 0.6 is 12.4 Å². The van der Waals surface area contributed by atoms with Crippen LogP contribution < -0.4 is 10.1 Å². The lowest BCUT2D eigenvalue weighted by molar-refractivity contribution is 0.159. The molecule has 126 valence electrons. The number of benzene rings is 1. The molecule has 0 spiro atoms. The van der Waals surface area contributed by atoms with Gasteiger partial charge < -0.3 is 10.1 Å². The van der Waals surface area contributed by atoms with Gasteiger partial charge in [-0.15, -0.1) is 12.4 Å². The van der Waals surface area contributed by atoms with Crippen molar-refractivity contribution in [1.29, 1.82) is 0 Å². The topological polar surface area (TPSA) is 24.5 Å². The molecule has 1 N–H and O–H groups in total. The van der Waals surface area contributed by atoms with Crippen LogP contribution in [-0.4, -0.2) is 38.2 Å². The highest BCUT2D eigenvalue weighted by Crippen LogP contribution is 2.32. The molecule has 0 unspecified atom stereocenters. The van der Waals surface area contributed by atoms with E-state index in [1.165, 1.54) is 20.0 Å². The largest absolute Gasteiger partial charge is 0.494 e. The molecule has 0 saturated carbocycles. The predicted molar refractivity (Wildman–Crippen MR) is 91.5 cm³/mol. The fourth-order valence-corrected chi connectivity index (χ4v) is 3.06. The predicted octanol–water partition coefficient (Wildman–Crippen LogP) is 3.78. The summed E-state index contributed by atoms with van der Waals surface area (Å²) in [6.07, 6.45) is 4.54. The van der Waals surface area contributed by atoms with Crippen LogP contribution in [0.5, 0.6) is 5.75 Å². The monoisotopic (exact) mass is 330 g/mol. The summed E-state index contributed by atoms with van der Waals surface area (Å²) in [6, 6.07) is 5.66. The van der Waals surface area contributed by atoms with Crippen LogP contribution in [0.15, 0.2) is 18.2 Å². The molecule has 0 aliphatic carbocycles. The smallest absolute Gasteiger partial charge is 0.169 e. The van der Waals surface area contributed by atoms with Gasteiger partial charge in [-0.25, -0.2) is 4.39 Å². The maximum Gasteiger partial charge on any atom is 0.169 e. The number of rotatable bonds is 7. The molecule has 0 amide bonds. The van der Waals surface area contributed by atoms with Gasteiger partial charge in [-0.05, 0) is 12.5 Å². The Bertz CT molecular complexity index is 439. The molecule has 5 heteroatoms. The molecule has 22 heavy (non-hydrogen) atoms. The first-order valence-electron chi connectivity index (χ1n) is 8.05. The van der Waals surface area contributed by atoms with Gasteiger partial charge in [0.15, 0.2) is 11.6 Å². The summed E-state index contributed by atoms with van der Waals surface area (Å²) in [5.41, 5.74) is 0.785. The van der Waals surface area contributed by atoms with E-state index in [0.29, 0.717) is 5.75 Å². The van der Waals surface area contributed by atoms with Gasteiger partial charge in [0.25, 0.3) is 0 Å². The van der Waals surface area contributed by atoms with E-state index in [0.717, 1.165) is 44.6 Å². The molecule has 1 fully saturated rings. The normalized spacial score (nSPS) is 16.9. The fourth-order valence-electron chi connectivity index (χ4n) is 3.06. The molecule has 1 atom stereocenters. The zero-order valence-corrected chi connectivity index (χ0v) is 14.4. The van der Waals surface area contributed by atoms with Gasteiger partial charge in [0.1, 0.15) is 0 Å². The Hall–Kier alpha value is -0.840. The summed E-state index contributed by atoms with van der Waals surface area (Å²) >= 11 is 0. The highest BCUT2D eigenvalue weighted by atomic mass is 35.5. The lowest BCUT2D eigenvalue weighted by atomic mass is 9.97. The van der Waals surface area contributed by atoms with Crippen molar-refractivity contribution in [3.8, 4) is 5.75 Å². The van der Waals surface area contributed by atoms with Gasteiger partial charge in [0.2, 0.25) is 0 Å². The van der Waals surface area contributed by atoms with Crippen molar-refractivity contribution in [1.82, 2.24) is 10.2 Å². The molecule has 2 rings (SSSR count). The standard InChI is InChI=1S/C17H27FN2O.ClH/c1-3-4-5-8-15(20-12-10-19-11-13-20)14-7-6-9-16(21-2)17(14)18;/h6-7,9,15,19H,3-5,8,10-13H2,1-2H3;1H/t15-;/m1./s1. The molecule has 1 aliphatic rings. The molecule has 0 radical (unpaired) electrons. The third kappa shape index (κ3) is 4.83. The van der Waals surface area contributed by atoms with Crippen LogP contribution in [0.1, 0.15) is 44.2 Å². The van der Waals surface area contributed by atoms with E-state index < -0.39 is 0 Å². The van der Waals surface area contributed by atoms with Gasteiger partial charge in [-0.3, -0.25) is 4.90 Å². The second-order valence-electron chi connectivity index (χ2n) is 5.66. The van der Waals surface area contributed by atoms with Crippen LogP contribution in [0.4, 0.5) is 4.39 Å². The minimum atomic E-state index is -0.194. The Morgan fingerprint density at radius 2 is 2.00 bits per heavy atom. The molecule has 1 heterocycles. The number of nitrogens with zero attached hydrogens (tertiary/aromatic N) is 1. The molecule has 3 nitrogen and oxygen atoms in total. The van der Waals surface area contributed by atoms with Gasteiger partial charge in [0.05, 0.1) is 7.11 Å². The molecule has 1 aromatic carbocycles. The Kier molecular flexibility index (Phi) is 8.76. The van der Waals surface area contributed by atoms with Crippen LogP contribution in [-0.2, 0) is 0 Å². The third-order valence-corrected chi connectivity index (χ3v) is 4.25. The Labute approximate surface area is 139 Å². The second kappa shape index (κ2) is 10.0. The second-order valence-corrected chi connectivity index (χ2v) is 5.66.